The number of nitrogens with one attached hydrogen (secondary N) is 1. The van der Waals surface area contributed by atoms with E-state index in [1.165, 1.54) is 0 Å². The molecule has 1 fully saturated rings. The monoisotopic (exact) mass is 147 g/mol. The lowest BCUT2D eigenvalue weighted by Gasteiger charge is -2.20. The van der Waals surface area contributed by atoms with E-state index in [4.69, 9.17) is 11.6 Å². The van der Waals surface area contributed by atoms with Crippen LogP contribution in [-0.4, -0.2) is 17.8 Å². The first-order valence-electron chi connectivity index (χ1n) is 3.18. The molecule has 0 saturated carbocycles. The number of carbonyl (C=O) groups is 1. The fraction of sp³-hybridized carbons (Fsp3) is 0.833. The molecular weight excluding hydrogens is 138 g/mol. The summed E-state index contributed by atoms with van der Waals surface area (Å²) >= 11 is 5.53. The van der Waals surface area contributed by atoms with Crippen LogP contribution >= 0.6 is 11.6 Å². The van der Waals surface area contributed by atoms with E-state index in [0.29, 0.717) is 12.3 Å². The first-order chi connectivity index (χ1) is 4.33. The lowest BCUT2D eigenvalue weighted by Crippen LogP contribution is -2.39. The molecule has 0 aromatic carbocycles. The molecule has 52 valence electrons. The number of rotatable bonds is 1. The summed E-state index contributed by atoms with van der Waals surface area (Å²) in [5.41, 5.74) is 0. The van der Waals surface area contributed by atoms with Crippen LogP contribution in [0, 0.1) is 0 Å². The van der Waals surface area contributed by atoms with Crippen LogP contribution in [0.5, 0.6) is 0 Å². The topological polar surface area (TPSA) is 29.1 Å². The van der Waals surface area contributed by atoms with Crippen molar-refractivity contribution < 1.29 is 4.79 Å². The SMILES string of the molecule is O=C1CCC[C@@H](CCl)N1. The fourth-order valence-corrected chi connectivity index (χ4v) is 1.23. The molecule has 1 aliphatic rings. The summed E-state index contributed by atoms with van der Waals surface area (Å²) in [6.45, 7) is 0. The Labute approximate surface area is 59.6 Å². The van der Waals surface area contributed by atoms with E-state index in [1.54, 1.807) is 0 Å². The Hall–Kier alpha value is -0.240. The average Bonchev–Trinajstić information content (AvgIpc) is 1.88. The van der Waals surface area contributed by atoms with E-state index in [2.05, 4.69) is 5.32 Å². The molecule has 3 heteroatoms. The highest BCUT2D eigenvalue weighted by atomic mass is 35.5. The molecule has 0 unspecified atom stereocenters. The predicted molar refractivity (Wildman–Crippen MR) is 36.5 cm³/mol. The summed E-state index contributed by atoms with van der Waals surface area (Å²) in [6, 6.07) is 0.230. The van der Waals surface area contributed by atoms with Gasteiger partial charge in [0.05, 0.1) is 0 Å². The van der Waals surface area contributed by atoms with Crippen LogP contribution < -0.4 is 5.32 Å². The van der Waals surface area contributed by atoms with Crippen LogP contribution in [0.4, 0.5) is 0 Å². The van der Waals surface area contributed by atoms with Crippen LogP contribution in [0.2, 0.25) is 0 Å². The van der Waals surface area contributed by atoms with Crippen LogP contribution in [0.3, 0.4) is 0 Å². The number of piperidine rings is 1. The van der Waals surface area contributed by atoms with Gasteiger partial charge in [0.1, 0.15) is 0 Å². The highest BCUT2D eigenvalue weighted by Crippen LogP contribution is 2.08. The Morgan fingerprint density at radius 2 is 2.56 bits per heavy atom. The maximum atomic E-state index is 10.7. The molecule has 1 saturated heterocycles. The van der Waals surface area contributed by atoms with Gasteiger partial charge in [0.25, 0.3) is 0 Å². The van der Waals surface area contributed by atoms with Crippen molar-refractivity contribution in [3.8, 4) is 0 Å². The van der Waals surface area contributed by atoms with Gasteiger partial charge in [0.2, 0.25) is 5.91 Å². The van der Waals surface area contributed by atoms with Crippen molar-refractivity contribution in [3.05, 3.63) is 0 Å². The standard InChI is InChI=1S/C6H10ClNO/c7-4-5-2-1-3-6(9)8-5/h5H,1-4H2,(H,8,9)/t5-/m0/s1. The zero-order chi connectivity index (χ0) is 6.69. The third kappa shape index (κ3) is 1.86. The minimum Gasteiger partial charge on any atom is -0.352 e. The van der Waals surface area contributed by atoms with Crippen molar-refractivity contribution in [3.63, 3.8) is 0 Å². The third-order valence-electron chi connectivity index (χ3n) is 1.51. The maximum absolute atomic E-state index is 10.7. The van der Waals surface area contributed by atoms with Crippen molar-refractivity contribution in [1.29, 1.82) is 0 Å². The summed E-state index contributed by atoms with van der Waals surface area (Å²) in [7, 11) is 0. The fourth-order valence-electron chi connectivity index (χ4n) is 0.997. The summed E-state index contributed by atoms with van der Waals surface area (Å²) in [6.07, 6.45) is 2.70. The summed E-state index contributed by atoms with van der Waals surface area (Å²) in [5.74, 6) is 0.693. The largest absolute Gasteiger partial charge is 0.352 e. The molecule has 2 nitrogen and oxygen atoms in total. The molecule has 1 aliphatic heterocycles. The number of alkyl halides is 1. The maximum Gasteiger partial charge on any atom is 0.220 e. The molecule has 9 heavy (non-hydrogen) atoms. The van der Waals surface area contributed by atoms with Crippen LogP contribution in [0.25, 0.3) is 0 Å². The molecule has 1 rings (SSSR count). The van der Waals surface area contributed by atoms with E-state index < -0.39 is 0 Å². The van der Waals surface area contributed by atoms with Crippen LogP contribution in [-0.2, 0) is 4.79 Å². The highest BCUT2D eigenvalue weighted by Gasteiger charge is 2.15. The second-order valence-corrected chi connectivity index (χ2v) is 2.62. The zero-order valence-electron chi connectivity index (χ0n) is 5.19. The molecule has 0 spiro atoms. The van der Waals surface area contributed by atoms with E-state index >= 15 is 0 Å². The Kier molecular flexibility index (Phi) is 2.34. The Morgan fingerprint density at radius 1 is 1.78 bits per heavy atom. The zero-order valence-corrected chi connectivity index (χ0v) is 5.95. The Bertz CT molecular complexity index is 116. The third-order valence-corrected chi connectivity index (χ3v) is 1.88. The molecule has 0 bridgehead atoms. The summed E-state index contributed by atoms with van der Waals surface area (Å²) in [4.78, 5) is 10.7. The van der Waals surface area contributed by atoms with Gasteiger partial charge in [0, 0.05) is 18.3 Å². The molecule has 1 amide bonds. The molecule has 0 aromatic heterocycles. The molecule has 0 aliphatic carbocycles. The predicted octanol–water partition coefficient (Wildman–Crippen LogP) is 0.894. The lowest BCUT2D eigenvalue weighted by atomic mass is 10.1. The number of amides is 1. The van der Waals surface area contributed by atoms with Crippen LogP contribution in [0.1, 0.15) is 19.3 Å². The van der Waals surface area contributed by atoms with Gasteiger partial charge in [-0.3, -0.25) is 4.79 Å². The van der Waals surface area contributed by atoms with Crippen molar-refractivity contribution in [2.75, 3.05) is 5.88 Å². The second kappa shape index (κ2) is 3.06. The van der Waals surface area contributed by atoms with Crippen LogP contribution in [0.15, 0.2) is 0 Å². The van der Waals surface area contributed by atoms with Gasteiger partial charge in [-0.1, -0.05) is 0 Å². The van der Waals surface area contributed by atoms with E-state index in [0.717, 1.165) is 12.8 Å². The molecule has 1 heterocycles. The van der Waals surface area contributed by atoms with Gasteiger partial charge < -0.3 is 5.32 Å². The minimum absolute atomic E-state index is 0.145. The average molecular weight is 148 g/mol. The van der Waals surface area contributed by atoms with Gasteiger partial charge in [-0.15, -0.1) is 11.6 Å². The van der Waals surface area contributed by atoms with Gasteiger partial charge in [-0.25, -0.2) is 0 Å². The van der Waals surface area contributed by atoms with Gasteiger partial charge in [-0.05, 0) is 12.8 Å². The number of carbonyl (C=O) groups excluding carboxylic acids is 1. The van der Waals surface area contributed by atoms with Gasteiger partial charge >= 0.3 is 0 Å². The minimum atomic E-state index is 0.145. The number of hydrogen-bond donors (Lipinski definition) is 1. The Balaban J connectivity index is 2.32. The van der Waals surface area contributed by atoms with E-state index in [1.807, 2.05) is 0 Å². The first-order valence-corrected chi connectivity index (χ1v) is 3.71. The van der Waals surface area contributed by atoms with Crippen molar-refractivity contribution in [2.45, 2.75) is 25.3 Å². The van der Waals surface area contributed by atoms with Gasteiger partial charge in [0.15, 0.2) is 0 Å². The molecular formula is C6H10ClNO. The molecule has 1 N–H and O–H groups in total. The highest BCUT2D eigenvalue weighted by molar-refractivity contribution is 6.18. The molecule has 1 atom stereocenters. The van der Waals surface area contributed by atoms with Crippen molar-refractivity contribution in [1.82, 2.24) is 5.32 Å². The quantitative estimate of drug-likeness (QED) is 0.549. The first kappa shape index (κ1) is 6.87. The summed E-state index contributed by atoms with van der Waals surface area (Å²) in [5, 5.41) is 2.80. The van der Waals surface area contributed by atoms with E-state index in [-0.39, 0.29) is 11.9 Å². The Morgan fingerprint density at radius 3 is 3.00 bits per heavy atom. The van der Waals surface area contributed by atoms with E-state index in [9.17, 15) is 4.79 Å². The normalized spacial score (nSPS) is 27.7. The summed E-state index contributed by atoms with van der Waals surface area (Å²) < 4.78 is 0. The van der Waals surface area contributed by atoms with Crippen molar-refractivity contribution >= 4 is 17.5 Å². The van der Waals surface area contributed by atoms with Gasteiger partial charge in [-0.2, -0.15) is 0 Å². The number of hydrogen-bond acceptors (Lipinski definition) is 1. The molecule has 0 radical (unpaired) electrons. The number of halogens is 1. The van der Waals surface area contributed by atoms with Crippen molar-refractivity contribution in [2.24, 2.45) is 0 Å². The molecule has 0 aromatic rings. The smallest absolute Gasteiger partial charge is 0.220 e. The second-order valence-electron chi connectivity index (χ2n) is 2.31. The lowest BCUT2D eigenvalue weighted by molar-refractivity contribution is -0.123.